The highest BCUT2D eigenvalue weighted by molar-refractivity contribution is 6.60. The van der Waals surface area contributed by atoms with E-state index in [-0.39, 0.29) is 0 Å². The molecule has 0 bridgehead atoms. The molecule has 0 heterocycles. The fourth-order valence-corrected chi connectivity index (χ4v) is 3.19. The Hall–Kier alpha value is 0.0569. The third kappa shape index (κ3) is 6.60. The lowest BCUT2D eigenvalue weighted by Crippen LogP contribution is -2.45. The normalized spacial score (nSPS) is 12.0. The van der Waals surface area contributed by atoms with Crippen molar-refractivity contribution in [2.24, 2.45) is 0 Å². The summed E-state index contributed by atoms with van der Waals surface area (Å²) >= 11 is 0. The number of hydrogen-bond donors (Lipinski definition) is 1. The molecule has 0 aliphatic heterocycles. The monoisotopic (exact) mass is 249 g/mol. The molecule has 1 N–H and O–H groups in total. The summed E-state index contributed by atoms with van der Waals surface area (Å²) in [4.78, 5) is 0. The summed E-state index contributed by atoms with van der Waals surface area (Å²) in [5.74, 6) is 0. The molecule has 0 aromatic rings. The van der Waals surface area contributed by atoms with Crippen LogP contribution < -0.4 is 5.32 Å². The molecule has 0 amide bonds. The molecule has 0 aromatic carbocycles. The van der Waals surface area contributed by atoms with E-state index >= 15 is 0 Å². The van der Waals surface area contributed by atoms with E-state index in [1.165, 1.54) is 25.7 Å². The van der Waals surface area contributed by atoms with Gasteiger partial charge in [0.25, 0.3) is 0 Å². The lowest BCUT2D eigenvalue weighted by atomic mass is 10.2. The van der Waals surface area contributed by atoms with Gasteiger partial charge in [0.1, 0.15) is 0 Å². The van der Waals surface area contributed by atoms with Gasteiger partial charge in [0.05, 0.1) is 0 Å². The fourth-order valence-electron chi connectivity index (χ4n) is 1.60. The number of hydrogen-bond acceptors (Lipinski definition) is 4. The van der Waals surface area contributed by atoms with E-state index in [9.17, 15) is 0 Å². The number of rotatable bonds is 11. The third-order valence-electron chi connectivity index (χ3n) is 2.75. The van der Waals surface area contributed by atoms with Crippen molar-refractivity contribution >= 4 is 8.80 Å². The summed E-state index contributed by atoms with van der Waals surface area (Å²) in [5.41, 5.74) is 0. The van der Waals surface area contributed by atoms with Gasteiger partial charge in [-0.2, -0.15) is 0 Å². The molecular weight excluding hydrogens is 222 g/mol. The van der Waals surface area contributed by atoms with E-state index in [1.54, 1.807) is 21.3 Å². The van der Waals surface area contributed by atoms with Crippen molar-refractivity contribution < 1.29 is 13.3 Å². The van der Waals surface area contributed by atoms with Gasteiger partial charge in [-0.1, -0.05) is 26.2 Å². The molecule has 0 atom stereocenters. The molecule has 98 valence electrons. The lowest BCUT2D eigenvalue weighted by Gasteiger charge is -2.24. The van der Waals surface area contributed by atoms with Crippen LogP contribution in [0, 0.1) is 0 Å². The number of unbranched alkanes of at least 4 members (excludes halogenated alkanes) is 3. The molecule has 0 spiro atoms. The smallest absolute Gasteiger partial charge is 0.377 e. The topological polar surface area (TPSA) is 39.7 Å². The standard InChI is InChI=1S/C11H27NO3Si/c1-5-6-7-8-9-12-10-11-16(13-2,14-3)15-4/h12H,5-11H2,1-4H3. The van der Waals surface area contributed by atoms with Gasteiger partial charge in [-0.05, 0) is 19.5 Å². The summed E-state index contributed by atoms with van der Waals surface area (Å²) in [5, 5.41) is 3.40. The summed E-state index contributed by atoms with van der Waals surface area (Å²) in [6.45, 7) is 4.19. The van der Waals surface area contributed by atoms with Crippen LogP contribution in [0.5, 0.6) is 0 Å². The van der Waals surface area contributed by atoms with Crippen molar-refractivity contribution in [3.8, 4) is 0 Å². The molecule has 0 radical (unpaired) electrons. The predicted octanol–water partition coefficient (Wildman–Crippen LogP) is 2.03. The van der Waals surface area contributed by atoms with Crippen LogP contribution in [-0.4, -0.2) is 43.2 Å². The maximum absolute atomic E-state index is 5.34. The van der Waals surface area contributed by atoms with Crippen LogP contribution in [0.1, 0.15) is 32.6 Å². The quantitative estimate of drug-likeness (QED) is 0.449. The summed E-state index contributed by atoms with van der Waals surface area (Å²) < 4.78 is 16.0. The summed E-state index contributed by atoms with van der Waals surface area (Å²) in [6.07, 6.45) is 5.17. The number of nitrogens with one attached hydrogen (secondary N) is 1. The zero-order valence-corrected chi connectivity index (χ0v) is 12.2. The second-order valence-electron chi connectivity index (χ2n) is 3.86. The van der Waals surface area contributed by atoms with Gasteiger partial charge in [-0.3, -0.25) is 0 Å². The maximum Gasteiger partial charge on any atom is 0.501 e. The van der Waals surface area contributed by atoms with E-state index in [0.29, 0.717) is 0 Å². The Morgan fingerprint density at radius 1 is 0.875 bits per heavy atom. The second kappa shape index (κ2) is 10.2. The van der Waals surface area contributed by atoms with Crippen LogP contribution in [0.25, 0.3) is 0 Å². The van der Waals surface area contributed by atoms with E-state index in [1.807, 2.05) is 0 Å². The molecule has 0 fully saturated rings. The highest BCUT2D eigenvalue weighted by atomic mass is 28.4. The Balaban J connectivity index is 3.48. The minimum Gasteiger partial charge on any atom is -0.377 e. The first-order valence-corrected chi connectivity index (χ1v) is 8.04. The molecule has 0 saturated heterocycles. The SMILES string of the molecule is CCCCCCNCC[Si](OC)(OC)OC. The zero-order valence-electron chi connectivity index (χ0n) is 11.2. The average Bonchev–Trinajstić information content (AvgIpc) is 2.34. The van der Waals surface area contributed by atoms with Crippen molar-refractivity contribution in [1.29, 1.82) is 0 Å². The first-order valence-electron chi connectivity index (χ1n) is 6.10. The van der Waals surface area contributed by atoms with Gasteiger partial charge in [-0.25, -0.2) is 0 Å². The molecule has 0 aliphatic rings. The first-order chi connectivity index (χ1) is 7.74. The van der Waals surface area contributed by atoms with E-state index < -0.39 is 8.80 Å². The minimum atomic E-state index is -2.36. The molecule has 16 heavy (non-hydrogen) atoms. The molecule has 0 unspecified atom stereocenters. The van der Waals surface area contributed by atoms with Crippen molar-refractivity contribution in [2.45, 2.75) is 38.7 Å². The molecule has 0 saturated carbocycles. The van der Waals surface area contributed by atoms with Gasteiger partial charge < -0.3 is 18.6 Å². The van der Waals surface area contributed by atoms with Gasteiger partial charge in [-0.15, -0.1) is 0 Å². The fraction of sp³-hybridized carbons (Fsp3) is 1.00. The predicted molar refractivity (Wildman–Crippen MR) is 68.6 cm³/mol. The van der Waals surface area contributed by atoms with Crippen LogP contribution in [0.2, 0.25) is 6.04 Å². The zero-order chi connectivity index (χ0) is 12.3. The highest BCUT2D eigenvalue weighted by Crippen LogP contribution is 2.11. The molecule has 0 rings (SSSR count). The van der Waals surface area contributed by atoms with Gasteiger partial charge in [0.15, 0.2) is 0 Å². The molecular formula is C11H27NO3Si. The molecule has 5 heteroatoms. The van der Waals surface area contributed by atoms with Gasteiger partial charge in [0.2, 0.25) is 0 Å². The summed E-state index contributed by atoms with van der Waals surface area (Å²) in [7, 11) is 2.60. The van der Waals surface area contributed by atoms with Crippen molar-refractivity contribution in [3.05, 3.63) is 0 Å². The third-order valence-corrected chi connectivity index (χ3v) is 5.48. The summed E-state index contributed by atoms with van der Waals surface area (Å²) in [6, 6.07) is 0.824. The van der Waals surface area contributed by atoms with Crippen LogP contribution in [-0.2, 0) is 13.3 Å². The maximum atomic E-state index is 5.34. The van der Waals surface area contributed by atoms with Crippen LogP contribution in [0.3, 0.4) is 0 Å². The van der Waals surface area contributed by atoms with Gasteiger partial charge >= 0.3 is 8.80 Å². The molecule has 0 aromatic heterocycles. The van der Waals surface area contributed by atoms with E-state index in [0.717, 1.165) is 19.1 Å². The minimum absolute atomic E-state index is 0.824. The van der Waals surface area contributed by atoms with Crippen molar-refractivity contribution in [1.82, 2.24) is 5.32 Å². The largest absolute Gasteiger partial charge is 0.501 e. The first kappa shape index (κ1) is 16.1. The Bertz CT molecular complexity index is 146. The average molecular weight is 249 g/mol. The Morgan fingerprint density at radius 3 is 2.00 bits per heavy atom. The van der Waals surface area contributed by atoms with Crippen LogP contribution in [0.4, 0.5) is 0 Å². The lowest BCUT2D eigenvalue weighted by molar-refractivity contribution is 0.123. The Labute approximate surface area is 101 Å². The van der Waals surface area contributed by atoms with E-state index in [2.05, 4.69) is 12.2 Å². The van der Waals surface area contributed by atoms with Gasteiger partial charge in [0, 0.05) is 27.4 Å². The van der Waals surface area contributed by atoms with Crippen molar-refractivity contribution in [3.63, 3.8) is 0 Å². The van der Waals surface area contributed by atoms with Crippen molar-refractivity contribution in [2.75, 3.05) is 34.4 Å². The molecule has 0 aliphatic carbocycles. The van der Waals surface area contributed by atoms with E-state index in [4.69, 9.17) is 13.3 Å². The highest BCUT2D eigenvalue weighted by Gasteiger charge is 2.36. The van der Waals surface area contributed by atoms with Crippen LogP contribution >= 0.6 is 0 Å². The molecule has 4 nitrogen and oxygen atoms in total. The Morgan fingerprint density at radius 2 is 1.50 bits per heavy atom. The second-order valence-corrected chi connectivity index (χ2v) is 6.95. The van der Waals surface area contributed by atoms with Crippen LogP contribution in [0.15, 0.2) is 0 Å². The Kier molecular flexibility index (Phi) is 10.3.